The Morgan fingerprint density at radius 3 is 2.52 bits per heavy atom. The monoisotopic (exact) mass is 312 g/mol. The van der Waals surface area contributed by atoms with Gasteiger partial charge in [0.15, 0.2) is 15.7 Å². The van der Waals surface area contributed by atoms with Crippen molar-refractivity contribution in [3.05, 3.63) is 53.9 Å². The van der Waals surface area contributed by atoms with Gasteiger partial charge in [-0.2, -0.15) is 4.39 Å². The van der Waals surface area contributed by atoms with E-state index in [4.69, 9.17) is 0 Å². The van der Waals surface area contributed by atoms with Gasteiger partial charge in [0.25, 0.3) is 5.91 Å². The number of nitrogens with one attached hydrogen (secondary N) is 1. The molecule has 2 aromatic rings. The highest BCUT2D eigenvalue weighted by Gasteiger charge is 2.19. The summed E-state index contributed by atoms with van der Waals surface area (Å²) in [7, 11) is -3.57. The molecule has 0 unspecified atom stereocenters. The summed E-state index contributed by atoms with van der Waals surface area (Å²) in [5.74, 6) is -3.77. The minimum absolute atomic E-state index is 0.0124. The van der Waals surface area contributed by atoms with E-state index in [1.807, 2.05) is 0 Å². The second-order valence-corrected chi connectivity index (χ2v) is 6.17. The predicted molar refractivity (Wildman–Crippen MR) is 71.7 cm³/mol. The van der Waals surface area contributed by atoms with Gasteiger partial charge in [-0.1, -0.05) is 12.1 Å². The minimum atomic E-state index is -3.57. The maximum atomic E-state index is 13.5. The molecule has 0 fully saturated rings. The maximum absolute atomic E-state index is 13.5. The first-order chi connectivity index (χ1) is 9.80. The molecule has 21 heavy (non-hydrogen) atoms. The van der Waals surface area contributed by atoms with Crippen LogP contribution >= 0.6 is 0 Å². The van der Waals surface area contributed by atoms with Gasteiger partial charge < -0.3 is 5.32 Å². The average Bonchev–Trinajstić information content (AvgIpc) is 2.41. The number of rotatable bonds is 3. The fourth-order valence-electron chi connectivity index (χ4n) is 1.68. The molecule has 1 aromatic carbocycles. The van der Waals surface area contributed by atoms with Gasteiger partial charge in [0.05, 0.1) is 16.1 Å². The van der Waals surface area contributed by atoms with Crippen LogP contribution in [0.3, 0.4) is 0 Å². The van der Waals surface area contributed by atoms with E-state index in [-0.39, 0.29) is 10.6 Å². The van der Waals surface area contributed by atoms with Crippen molar-refractivity contribution in [1.82, 2.24) is 4.98 Å². The number of pyridine rings is 1. The lowest BCUT2D eigenvalue weighted by atomic mass is 10.2. The van der Waals surface area contributed by atoms with E-state index in [0.717, 1.165) is 18.5 Å². The fourth-order valence-corrected chi connectivity index (χ4v) is 2.52. The zero-order valence-corrected chi connectivity index (χ0v) is 11.6. The van der Waals surface area contributed by atoms with Crippen LogP contribution in [0.25, 0.3) is 0 Å². The highest BCUT2D eigenvalue weighted by molar-refractivity contribution is 7.90. The third-order valence-electron chi connectivity index (χ3n) is 2.63. The first-order valence-electron chi connectivity index (χ1n) is 5.71. The van der Waals surface area contributed by atoms with Crippen molar-refractivity contribution in [2.45, 2.75) is 4.90 Å². The second kappa shape index (κ2) is 5.57. The summed E-state index contributed by atoms with van der Waals surface area (Å²) in [4.78, 5) is 14.9. The Bertz CT molecular complexity index is 807. The Balaban J connectivity index is 2.40. The lowest BCUT2D eigenvalue weighted by molar-refractivity contribution is 0.102. The summed E-state index contributed by atoms with van der Waals surface area (Å²) < 4.78 is 49.7. The summed E-state index contributed by atoms with van der Waals surface area (Å²) >= 11 is 0. The highest BCUT2D eigenvalue weighted by atomic mass is 32.2. The zero-order valence-electron chi connectivity index (χ0n) is 10.8. The third kappa shape index (κ3) is 3.22. The normalized spacial score (nSPS) is 11.2. The molecular formula is C13H10F2N2O3S. The van der Waals surface area contributed by atoms with Crippen LogP contribution in [0.15, 0.2) is 41.4 Å². The van der Waals surface area contributed by atoms with E-state index in [1.54, 1.807) is 0 Å². The minimum Gasteiger partial charge on any atom is -0.321 e. The fraction of sp³-hybridized carbons (Fsp3) is 0.0769. The van der Waals surface area contributed by atoms with Crippen LogP contribution in [0.1, 0.15) is 10.4 Å². The molecule has 110 valence electrons. The van der Waals surface area contributed by atoms with Crippen molar-refractivity contribution in [3.63, 3.8) is 0 Å². The second-order valence-electron chi connectivity index (χ2n) is 4.19. The molecule has 1 N–H and O–H groups in total. The molecule has 1 aromatic heterocycles. The van der Waals surface area contributed by atoms with Crippen molar-refractivity contribution < 1.29 is 22.0 Å². The van der Waals surface area contributed by atoms with Gasteiger partial charge in [0.1, 0.15) is 0 Å². The van der Waals surface area contributed by atoms with Gasteiger partial charge in [0, 0.05) is 12.5 Å². The number of carbonyl (C=O) groups is 1. The molecule has 0 aliphatic carbocycles. The summed E-state index contributed by atoms with van der Waals surface area (Å²) in [6, 6.07) is 6.64. The molecule has 5 nitrogen and oxygen atoms in total. The van der Waals surface area contributed by atoms with Gasteiger partial charge in [0.2, 0.25) is 5.95 Å². The van der Waals surface area contributed by atoms with Gasteiger partial charge in [-0.3, -0.25) is 4.79 Å². The number of aromatic nitrogens is 1. The van der Waals surface area contributed by atoms with Crippen LogP contribution in [-0.4, -0.2) is 25.6 Å². The first-order valence-corrected chi connectivity index (χ1v) is 7.60. The van der Waals surface area contributed by atoms with Crippen molar-refractivity contribution in [2.24, 2.45) is 0 Å². The summed E-state index contributed by atoms with van der Waals surface area (Å²) in [6.07, 6.45) is 1.92. The SMILES string of the molecule is CS(=O)(=O)c1ccccc1NC(=O)c1ccnc(F)c1F. The Hall–Kier alpha value is -2.35. The average molecular weight is 312 g/mol. The van der Waals surface area contributed by atoms with E-state index >= 15 is 0 Å². The first kappa shape index (κ1) is 15.0. The summed E-state index contributed by atoms with van der Waals surface area (Å²) in [5, 5.41) is 2.25. The van der Waals surface area contributed by atoms with E-state index in [0.29, 0.717) is 0 Å². The summed E-state index contributed by atoms with van der Waals surface area (Å²) in [6.45, 7) is 0. The van der Waals surface area contributed by atoms with Gasteiger partial charge >= 0.3 is 0 Å². The largest absolute Gasteiger partial charge is 0.321 e. The standard InChI is InChI=1S/C13H10F2N2O3S/c1-21(19,20)10-5-3-2-4-9(10)17-13(18)8-6-7-16-12(15)11(8)14/h2-7H,1H3,(H,17,18). The molecule has 0 saturated carbocycles. The lowest BCUT2D eigenvalue weighted by Gasteiger charge is -2.10. The van der Waals surface area contributed by atoms with Gasteiger partial charge in [-0.15, -0.1) is 0 Å². The number of amides is 1. The Morgan fingerprint density at radius 2 is 1.86 bits per heavy atom. The third-order valence-corrected chi connectivity index (χ3v) is 3.78. The molecule has 1 heterocycles. The molecule has 1 amide bonds. The van der Waals surface area contributed by atoms with Crippen molar-refractivity contribution >= 4 is 21.4 Å². The molecule has 0 atom stereocenters. The number of hydrogen-bond acceptors (Lipinski definition) is 4. The van der Waals surface area contributed by atoms with E-state index in [1.165, 1.54) is 24.3 Å². The van der Waals surface area contributed by atoms with E-state index in [2.05, 4.69) is 10.3 Å². The number of para-hydroxylation sites is 1. The number of sulfone groups is 1. The van der Waals surface area contributed by atoms with Crippen molar-refractivity contribution in [3.8, 4) is 0 Å². The van der Waals surface area contributed by atoms with Crippen LogP contribution in [0.5, 0.6) is 0 Å². The Labute approximate surface area is 119 Å². The van der Waals surface area contributed by atoms with Crippen LogP contribution < -0.4 is 5.32 Å². The molecule has 0 radical (unpaired) electrons. The number of carbonyl (C=O) groups excluding carboxylic acids is 1. The molecule has 8 heteroatoms. The highest BCUT2D eigenvalue weighted by Crippen LogP contribution is 2.21. The molecule has 0 saturated heterocycles. The molecular weight excluding hydrogens is 302 g/mol. The van der Waals surface area contributed by atoms with Crippen LogP contribution in [-0.2, 0) is 9.84 Å². The number of halogens is 2. The number of anilines is 1. The lowest BCUT2D eigenvalue weighted by Crippen LogP contribution is -2.17. The number of nitrogens with zero attached hydrogens (tertiary/aromatic N) is 1. The predicted octanol–water partition coefficient (Wildman–Crippen LogP) is 2.02. The van der Waals surface area contributed by atoms with Gasteiger partial charge in [-0.25, -0.2) is 17.8 Å². The topological polar surface area (TPSA) is 76.1 Å². The zero-order chi connectivity index (χ0) is 15.6. The van der Waals surface area contributed by atoms with Crippen molar-refractivity contribution in [1.29, 1.82) is 0 Å². The maximum Gasteiger partial charge on any atom is 0.258 e. The number of benzene rings is 1. The van der Waals surface area contributed by atoms with Crippen molar-refractivity contribution in [2.75, 3.05) is 11.6 Å². The van der Waals surface area contributed by atoms with Gasteiger partial charge in [-0.05, 0) is 18.2 Å². The quantitative estimate of drug-likeness (QED) is 0.880. The Morgan fingerprint density at radius 1 is 1.19 bits per heavy atom. The van der Waals surface area contributed by atoms with Crippen LogP contribution in [0, 0.1) is 11.8 Å². The van der Waals surface area contributed by atoms with Crippen LogP contribution in [0.4, 0.5) is 14.5 Å². The van der Waals surface area contributed by atoms with E-state index < -0.39 is 33.1 Å². The molecule has 0 aliphatic rings. The molecule has 0 spiro atoms. The summed E-state index contributed by atoms with van der Waals surface area (Å²) in [5.41, 5.74) is -0.576. The van der Waals surface area contributed by atoms with Crippen LogP contribution in [0.2, 0.25) is 0 Å². The van der Waals surface area contributed by atoms with E-state index in [9.17, 15) is 22.0 Å². The molecule has 0 aliphatic heterocycles. The molecule has 0 bridgehead atoms. The smallest absolute Gasteiger partial charge is 0.258 e. The Kier molecular flexibility index (Phi) is 3.99. The molecule has 2 rings (SSSR count). The number of hydrogen-bond donors (Lipinski definition) is 1.